The fraction of sp³-hybridized carbons (Fsp3) is 0.810. The van der Waals surface area contributed by atoms with Crippen molar-refractivity contribution in [3.8, 4) is 0 Å². The first kappa shape index (κ1) is 26.6. The summed E-state index contributed by atoms with van der Waals surface area (Å²) in [6, 6.07) is 0. The standard InChI is InChI=1S/C21H39N3O5S/c1-15(2)13-19(20(25)22-24(14-16(3)4)30(5,28)29)18(21(26)23-27)12-11-17-9-7-6-8-10-17/h11,15-16,18-19,27H,6-10,12-14H2,1-5H3,(H,22,25)(H,23,26)/t18-,19+/m0/s1. The highest BCUT2D eigenvalue weighted by Crippen LogP contribution is 2.28. The molecule has 1 rings (SSSR count). The van der Waals surface area contributed by atoms with Gasteiger partial charge in [-0.1, -0.05) is 45.8 Å². The maximum Gasteiger partial charge on any atom is 0.247 e. The molecule has 1 aliphatic rings. The van der Waals surface area contributed by atoms with Gasteiger partial charge in [-0.25, -0.2) is 13.9 Å². The minimum Gasteiger partial charge on any atom is -0.289 e. The van der Waals surface area contributed by atoms with Crippen molar-refractivity contribution in [2.45, 2.75) is 72.6 Å². The quantitative estimate of drug-likeness (QED) is 0.257. The highest BCUT2D eigenvalue weighted by Gasteiger charge is 2.35. The maximum absolute atomic E-state index is 13.1. The van der Waals surface area contributed by atoms with Gasteiger partial charge in [-0.15, -0.1) is 4.41 Å². The number of hydrazine groups is 1. The molecule has 0 aliphatic heterocycles. The second-order valence-electron chi connectivity index (χ2n) is 9.14. The van der Waals surface area contributed by atoms with E-state index in [1.165, 1.54) is 12.0 Å². The Morgan fingerprint density at radius 3 is 2.10 bits per heavy atom. The van der Waals surface area contributed by atoms with Crippen LogP contribution >= 0.6 is 0 Å². The van der Waals surface area contributed by atoms with E-state index in [-0.39, 0.29) is 18.4 Å². The van der Waals surface area contributed by atoms with E-state index in [9.17, 15) is 23.2 Å². The Balaban J connectivity index is 3.12. The molecular weight excluding hydrogens is 406 g/mol. The van der Waals surface area contributed by atoms with Crippen molar-refractivity contribution < 1.29 is 23.2 Å². The average Bonchev–Trinajstić information content (AvgIpc) is 2.65. The molecular formula is C21H39N3O5S. The van der Waals surface area contributed by atoms with Crippen LogP contribution in [0.4, 0.5) is 0 Å². The van der Waals surface area contributed by atoms with Gasteiger partial charge in [-0.3, -0.25) is 20.2 Å². The van der Waals surface area contributed by atoms with Gasteiger partial charge >= 0.3 is 0 Å². The van der Waals surface area contributed by atoms with E-state index in [1.807, 2.05) is 33.8 Å². The molecule has 0 bridgehead atoms. The van der Waals surface area contributed by atoms with Crippen molar-refractivity contribution in [1.82, 2.24) is 15.3 Å². The smallest absolute Gasteiger partial charge is 0.247 e. The van der Waals surface area contributed by atoms with Gasteiger partial charge < -0.3 is 0 Å². The van der Waals surface area contributed by atoms with Gasteiger partial charge in [-0.05, 0) is 50.4 Å². The summed E-state index contributed by atoms with van der Waals surface area (Å²) in [4.78, 5) is 25.6. The summed E-state index contributed by atoms with van der Waals surface area (Å²) in [5, 5.41) is 9.28. The van der Waals surface area contributed by atoms with E-state index in [2.05, 4.69) is 5.43 Å². The molecule has 0 unspecified atom stereocenters. The minimum atomic E-state index is -3.66. The second kappa shape index (κ2) is 12.4. The van der Waals surface area contributed by atoms with Crippen LogP contribution < -0.4 is 10.9 Å². The Labute approximate surface area is 181 Å². The van der Waals surface area contributed by atoms with Gasteiger partial charge in [0.1, 0.15) is 0 Å². The summed E-state index contributed by atoms with van der Waals surface area (Å²) in [7, 11) is -3.66. The van der Waals surface area contributed by atoms with Gasteiger partial charge in [0.2, 0.25) is 21.8 Å². The summed E-state index contributed by atoms with van der Waals surface area (Å²) >= 11 is 0. The number of hydrogen-bond donors (Lipinski definition) is 3. The molecule has 0 radical (unpaired) electrons. The third-order valence-corrected chi connectivity index (χ3v) is 6.36. The van der Waals surface area contributed by atoms with Crippen molar-refractivity contribution in [3.63, 3.8) is 0 Å². The van der Waals surface area contributed by atoms with E-state index in [1.54, 1.807) is 5.48 Å². The Hall–Kier alpha value is -1.45. The van der Waals surface area contributed by atoms with Crippen molar-refractivity contribution in [1.29, 1.82) is 0 Å². The molecule has 1 saturated carbocycles. The second-order valence-corrected chi connectivity index (χ2v) is 11.0. The number of hydrogen-bond acceptors (Lipinski definition) is 5. The zero-order valence-electron chi connectivity index (χ0n) is 19.0. The Kier molecular flexibility index (Phi) is 11.0. The highest BCUT2D eigenvalue weighted by molar-refractivity contribution is 7.88. The lowest BCUT2D eigenvalue weighted by atomic mass is 9.81. The number of sulfonamides is 1. The van der Waals surface area contributed by atoms with E-state index in [0.717, 1.165) is 36.4 Å². The third-order valence-electron chi connectivity index (χ3n) is 5.32. The molecule has 2 amide bonds. The van der Waals surface area contributed by atoms with Crippen LogP contribution in [0.1, 0.15) is 72.6 Å². The van der Waals surface area contributed by atoms with Crippen molar-refractivity contribution in [2.75, 3.05) is 12.8 Å². The van der Waals surface area contributed by atoms with Gasteiger partial charge in [0, 0.05) is 6.54 Å². The molecule has 9 heteroatoms. The van der Waals surface area contributed by atoms with Crippen LogP contribution in [0.5, 0.6) is 0 Å². The van der Waals surface area contributed by atoms with Crippen LogP contribution in [0, 0.1) is 23.7 Å². The van der Waals surface area contributed by atoms with E-state index in [0.29, 0.717) is 12.8 Å². The first-order valence-corrected chi connectivity index (χ1v) is 12.7. The molecule has 1 aliphatic carbocycles. The third kappa shape index (κ3) is 9.14. The lowest BCUT2D eigenvalue weighted by Crippen LogP contribution is -2.51. The Bertz CT molecular complexity index is 695. The summed E-state index contributed by atoms with van der Waals surface area (Å²) in [5.41, 5.74) is 5.49. The number of allylic oxidation sites excluding steroid dienone is 2. The molecule has 174 valence electrons. The van der Waals surface area contributed by atoms with Gasteiger partial charge in [0.25, 0.3) is 0 Å². The first-order chi connectivity index (χ1) is 14.0. The van der Waals surface area contributed by atoms with Crippen LogP contribution in [0.15, 0.2) is 11.6 Å². The molecule has 0 aromatic rings. The number of carbonyl (C=O) groups is 2. The molecule has 8 nitrogen and oxygen atoms in total. The van der Waals surface area contributed by atoms with E-state index < -0.39 is 33.7 Å². The van der Waals surface area contributed by atoms with Crippen LogP contribution in [0.25, 0.3) is 0 Å². The SMILES string of the molecule is CC(C)C[C@@H](C(=O)NN(CC(C)C)S(C)(=O)=O)[C@H](CC=C1CCCCC1)C(=O)NO. The Morgan fingerprint density at radius 1 is 1.03 bits per heavy atom. The molecule has 1 fully saturated rings. The van der Waals surface area contributed by atoms with Crippen LogP contribution in [0.2, 0.25) is 0 Å². The molecule has 30 heavy (non-hydrogen) atoms. The molecule has 0 spiro atoms. The van der Waals surface area contributed by atoms with Crippen molar-refractivity contribution in [2.24, 2.45) is 23.7 Å². The average molecular weight is 446 g/mol. The Morgan fingerprint density at radius 2 is 1.63 bits per heavy atom. The molecule has 3 N–H and O–H groups in total. The summed E-state index contributed by atoms with van der Waals surface area (Å²) in [6.45, 7) is 7.73. The number of nitrogens with one attached hydrogen (secondary N) is 2. The number of hydroxylamine groups is 1. The van der Waals surface area contributed by atoms with Crippen LogP contribution in [0.3, 0.4) is 0 Å². The summed E-state index contributed by atoms with van der Waals surface area (Å²) < 4.78 is 25.2. The molecule has 0 aromatic carbocycles. The van der Waals surface area contributed by atoms with Gasteiger partial charge in [0.05, 0.1) is 18.1 Å². The van der Waals surface area contributed by atoms with Crippen LogP contribution in [-0.4, -0.2) is 42.7 Å². The first-order valence-electron chi connectivity index (χ1n) is 10.9. The minimum absolute atomic E-state index is 0.0103. The maximum atomic E-state index is 13.1. The number of amides is 2. The van der Waals surface area contributed by atoms with Crippen molar-refractivity contribution in [3.05, 3.63) is 11.6 Å². The van der Waals surface area contributed by atoms with E-state index in [4.69, 9.17) is 0 Å². The molecule has 2 atom stereocenters. The number of nitrogens with zero attached hydrogens (tertiary/aromatic N) is 1. The topological polar surface area (TPSA) is 116 Å². The summed E-state index contributed by atoms with van der Waals surface area (Å²) in [5.74, 6) is -2.59. The summed E-state index contributed by atoms with van der Waals surface area (Å²) in [6.07, 6.45) is 9.21. The van der Waals surface area contributed by atoms with Gasteiger partial charge in [-0.2, -0.15) is 0 Å². The van der Waals surface area contributed by atoms with Gasteiger partial charge in [0.15, 0.2) is 0 Å². The zero-order valence-corrected chi connectivity index (χ0v) is 19.8. The lowest BCUT2D eigenvalue weighted by Gasteiger charge is -2.29. The fourth-order valence-electron chi connectivity index (χ4n) is 3.80. The van der Waals surface area contributed by atoms with E-state index >= 15 is 0 Å². The molecule has 0 heterocycles. The number of carbonyl (C=O) groups excluding carboxylic acids is 2. The highest BCUT2D eigenvalue weighted by atomic mass is 32.2. The normalized spacial score (nSPS) is 17.2. The zero-order chi connectivity index (χ0) is 22.9. The van der Waals surface area contributed by atoms with Crippen LogP contribution in [-0.2, 0) is 19.6 Å². The predicted molar refractivity (Wildman–Crippen MR) is 117 cm³/mol. The monoisotopic (exact) mass is 445 g/mol. The predicted octanol–water partition coefficient (Wildman–Crippen LogP) is 3.00. The molecule has 0 saturated heterocycles. The fourth-order valence-corrected chi connectivity index (χ4v) is 4.63. The molecule has 0 aromatic heterocycles. The van der Waals surface area contributed by atoms with Crippen molar-refractivity contribution >= 4 is 21.8 Å². The largest absolute Gasteiger partial charge is 0.289 e. The lowest BCUT2D eigenvalue weighted by molar-refractivity contribution is -0.142. The number of rotatable bonds is 11.